The van der Waals surface area contributed by atoms with E-state index in [0.717, 1.165) is 0 Å². The topological polar surface area (TPSA) is 47.9 Å². The Morgan fingerprint density at radius 1 is 0.846 bits per heavy atom. The van der Waals surface area contributed by atoms with E-state index in [1.165, 1.54) is 0 Å². The van der Waals surface area contributed by atoms with Gasteiger partial charge in [-0.25, -0.2) is 0 Å². The van der Waals surface area contributed by atoms with E-state index >= 15 is 0 Å². The molecule has 4 nitrogen and oxygen atoms in total. The second-order valence-corrected chi connectivity index (χ2v) is 15.6. The summed E-state index contributed by atoms with van der Waals surface area (Å²) < 4.78 is 19.1. The minimum absolute atomic E-state index is 0.0202. The molecule has 1 aliphatic carbocycles. The van der Waals surface area contributed by atoms with Gasteiger partial charge < -0.3 is 19.0 Å². The van der Waals surface area contributed by atoms with Gasteiger partial charge in [0.25, 0.3) is 0 Å². The summed E-state index contributed by atoms with van der Waals surface area (Å²) >= 11 is 0. The summed E-state index contributed by atoms with van der Waals surface area (Å²) in [6.07, 6.45) is -0.0790. The van der Waals surface area contributed by atoms with Gasteiger partial charge >= 0.3 is 0 Å². The lowest BCUT2D eigenvalue weighted by atomic mass is 9.58. The first-order chi connectivity index (χ1) is 11.3. The maximum absolute atomic E-state index is 11.9. The maximum atomic E-state index is 11.9. The van der Waals surface area contributed by atoms with Gasteiger partial charge in [0.15, 0.2) is 31.0 Å². The molecule has 0 amide bonds. The normalized spacial score (nSPS) is 27.8. The van der Waals surface area contributed by atoms with Crippen molar-refractivity contribution in [3.05, 3.63) is 11.5 Å². The first kappa shape index (κ1) is 23.5. The quantitative estimate of drug-likeness (QED) is 0.602. The Labute approximate surface area is 162 Å². The minimum atomic E-state index is -2.17. The summed E-state index contributed by atoms with van der Waals surface area (Å²) in [5.74, 6) is 1.17. The number of rotatable bonds is 6. The van der Waals surface area contributed by atoms with Crippen molar-refractivity contribution in [1.29, 1.82) is 0 Å². The number of hydrogen-bond donors (Lipinski definition) is 1. The fourth-order valence-corrected chi connectivity index (χ4v) is 4.88. The van der Waals surface area contributed by atoms with Crippen LogP contribution in [0.3, 0.4) is 0 Å². The average molecular weight is 387 g/mol. The Hall–Kier alpha value is -0.523. The van der Waals surface area contributed by atoms with E-state index in [1.807, 2.05) is 55.4 Å². The van der Waals surface area contributed by atoms with E-state index in [1.54, 1.807) is 0 Å². The molecule has 2 atom stereocenters. The molecule has 0 aromatic rings. The summed E-state index contributed by atoms with van der Waals surface area (Å²) in [5, 5.41) is 11.9. The van der Waals surface area contributed by atoms with Crippen LogP contribution in [0.15, 0.2) is 11.5 Å². The van der Waals surface area contributed by atoms with E-state index in [9.17, 15) is 5.11 Å². The average Bonchev–Trinajstić information content (AvgIpc) is 2.38. The smallest absolute Gasteiger partial charge is 0.193 e. The van der Waals surface area contributed by atoms with Crippen LogP contribution in [0, 0.1) is 5.41 Å². The van der Waals surface area contributed by atoms with Crippen molar-refractivity contribution in [3.63, 3.8) is 0 Å². The van der Waals surface area contributed by atoms with Gasteiger partial charge in [-0.3, -0.25) is 0 Å². The molecule has 0 aliphatic heterocycles. The van der Waals surface area contributed by atoms with Crippen LogP contribution in [0.5, 0.6) is 0 Å². The Morgan fingerprint density at radius 3 is 1.54 bits per heavy atom. The summed E-state index contributed by atoms with van der Waals surface area (Å²) in [6.45, 7) is 27.0. The molecule has 1 N–H and O–H groups in total. The lowest BCUT2D eigenvalue weighted by molar-refractivity contribution is -0.232. The van der Waals surface area contributed by atoms with E-state index in [0.29, 0.717) is 11.5 Å². The number of ether oxygens (including phenoxy) is 2. The van der Waals surface area contributed by atoms with Crippen molar-refractivity contribution < 1.29 is 19.0 Å². The fraction of sp³-hybridized carbons (Fsp3) is 0.905. The highest BCUT2D eigenvalue weighted by Crippen LogP contribution is 2.61. The van der Waals surface area contributed by atoms with Gasteiger partial charge in [-0.1, -0.05) is 41.5 Å². The number of aliphatic hydroxyl groups is 1. The van der Waals surface area contributed by atoms with Crippen LogP contribution in [0.4, 0.5) is 0 Å². The molecule has 154 valence electrons. The first-order valence-corrected chi connectivity index (χ1v) is 12.7. The Kier molecular flexibility index (Phi) is 6.17. The molecule has 2 unspecified atom stereocenters. The molecule has 0 heterocycles. The van der Waals surface area contributed by atoms with Crippen molar-refractivity contribution in [2.45, 2.75) is 118 Å². The van der Waals surface area contributed by atoms with Gasteiger partial charge in [-0.05, 0) is 52.8 Å². The SMILES string of the molecule is CC(C)OC1=C(OC(C)C)C(O)(C(C)(C)C)C1(C)O[Si](C)(C)C(C)(C)C. The van der Waals surface area contributed by atoms with E-state index < -0.39 is 24.9 Å². The number of hydrogen-bond acceptors (Lipinski definition) is 4. The molecular weight excluding hydrogens is 344 g/mol. The molecule has 0 saturated heterocycles. The van der Waals surface area contributed by atoms with Gasteiger partial charge in [-0.2, -0.15) is 0 Å². The zero-order chi connectivity index (χ0) is 20.9. The summed E-state index contributed by atoms with van der Waals surface area (Å²) in [7, 11) is -2.17. The third kappa shape index (κ3) is 3.72. The highest BCUT2D eigenvalue weighted by atomic mass is 28.4. The highest BCUT2D eigenvalue weighted by molar-refractivity contribution is 6.74. The molecule has 0 radical (unpaired) electrons. The Morgan fingerprint density at radius 2 is 1.23 bits per heavy atom. The molecule has 1 aliphatic rings. The Balaban J connectivity index is 3.60. The Bertz CT molecular complexity index is 551. The molecule has 0 bridgehead atoms. The van der Waals surface area contributed by atoms with Crippen molar-refractivity contribution in [2.75, 3.05) is 0 Å². The molecule has 0 aromatic carbocycles. The lowest BCUT2D eigenvalue weighted by Gasteiger charge is -2.62. The van der Waals surface area contributed by atoms with Gasteiger partial charge in [0.2, 0.25) is 0 Å². The van der Waals surface area contributed by atoms with Crippen molar-refractivity contribution in [3.8, 4) is 0 Å². The highest BCUT2D eigenvalue weighted by Gasteiger charge is 2.73. The largest absolute Gasteiger partial charge is 0.489 e. The van der Waals surface area contributed by atoms with Crippen molar-refractivity contribution in [2.24, 2.45) is 5.41 Å². The third-order valence-corrected chi connectivity index (χ3v) is 10.2. The van der Waals surface area contributed by atoms with Gasteiger partial charge in [-0.15, -0.1) is 0 Å². The van der Waals surface area contributed by atoms with Crippen LogP contribution in [-0.4, -0.2) is 36.8 Å². The molecule has 0 fully saturated rings. The molecule has 26 heavy (non-hydrogen) atoms. The molecule has 5 heteroatoms. The van der Waals surface area contributed by atoms with Crippen LogP contribution in [0.2, 0.25) is 18.1 Å². The molecule has 0 aromatic heterocycles. The van der Waals surface area contributed by atoms with Gasteiger partial charge in [0, 0.05) is 5.41 Å². The molecular formula is C21H42O4Si. The molecule has 0 saturated carbocycles. The van der Waals surface area contributed by atoms with Crippen LogP contribution < -0.4 is 0 Å². The zero-order valence-electron chi connectivity index (χ0n) is 19.3. The maximum Gasteiger partial charge on any atom is 0.193 e. The monoisotopic (exact) mass is 386 g/mol. The van der Waals surface area contributed by atoms with Crippen molar-refractivity contribution >= 4 is 8.32 Å². The second kappa shape index (κ2) is 6.82. The van der Waals surface area contributed by atoms with E-state index in [4.69, 9.17) is 13.9 Å². The fourth-order valence-electron chi connectivity index (χ4n) is 3.32. The van der Waals surface area contributed by atoms with Crippen LogP contribution in [0.25, 0.3) is 0 Å². The summed E-state index contributed by atoms with van der Waals surface area (Å²) in [4.78, 5) is 0. The minimum Gasteiger partial charge on any atom is -0.489 e. The lowest BCUT2D eigenvalue weighted by Crippen LogP contribution is -2.74. The summed E-state index contributed by atoms with van der Waals surface area (Å²) in [6, 6.07) is 0. The van der Waals surface area contributed by atoms with E-state index in [2.05, 4.69) is 33.9 Å². The van der Waals surface area contributed by atoms with Gasteiger partial charge in [0.1, 0.15) is 0 Å². The van der Waals surface area contributed by atoms with E-state index in [-0.39, 0.29) is 17.2 Å². The first-order valence-electron chi connectivity index (χ1n) is 9.82. The van der Waals surface area contributed by atoms with Crippen LogP contribution in [-0.2, 0) is 13.9 Å². The predicted molar refractivity (Wildman–Crippen MR) is 111 cm³/mol. The van der Waals surface area contributed by atoms with Crippen LogP contribution >= 0.6 is 0 Å². The van der Waals surface area contributed by atoms with Gasteiger partial charge in [0.05, 0.1) is 12.2 Å². The van der Waals surface area contributed by atoms with Crippen molar-refractivity contribution in [1.82, 2.24) is 0 Å². The third-order valence-electron chi connectivity index (χ3n) is 5.72. The molecule has 1 rings (SSSR count). The summed E-state index contributed by atoms with van der Waals surface area (Å²) in [5.41, 5.74) is -2.68. The standard InChI is InChI=1S/C21H42O4Si/c1-14(2)23-16-17(24-15(3)4)21(22,18(5,6)7)20(16,11)25-26(12,13)19(8,9)10/h14-15,22H,1-13H3. The van der Waals surface area contributed by atoms with Crippen LogP contribution in [0.1, 0.15) is 76.2 Å². The predicted octanol–water partition coefficient (Wildman–Crippen LogP) is 5.62. The second-order valence-electron chi connectivity index (χ2n) is 10.8. The zero-order valence-corrected chi connectivity index (χ0v) is 20.3. The molecule has 0 spiro atoms.